The number of carbonyl (C=O) groups is 2. The third-order valence-electron chi connectivity index (χ3n) is 4.16. The van der Waals surface area contributed by atoms with E-state index < -0.39 is 0 Å². The molecule has 0 fully saturated rings. The van der Waals surface area contributed by atoms with Crippen LogP contribution < -0.4 is 19.7 Å². The zero-order chi connectivity index (χ0) is 18.7. The Morgan fingerprint density at radius 2 is 1.96 bits per heavy atom. The van der Waals surface area contributed by atoms with Gasteiger partial charge in [-0.2, -0.15) is 0 Å². The van der Waals surface area contributed by atoms with Gasteiger partial charge in [0, 0.05) is 11.7 Å². The molecule has 6 heteroatoms. The molecule has 2 aromatic rings. The second-order valence-electron chi connectivity index (χ2n) is 6.40. The van der Waals surface area contributed by atoms with Crippen molar-refractivity contribution >= 4 is 23.2 Å². The van der Waals surface area contributed by atoms with Crippen molar-refractivity contribution in [2.45, 2.75) is 26.3 Å². The highest BCUT2D eigenvalue weighted by Gasteiger charge is 2.27. The van der Waals surface area contributed by atoms with Crippen molar-refractivity contribution in [3.05, 3.63) is 48.0 Å². The van der Waals surface area contributed by atoms with Gasteiger partial charge in [0.2, 0.25) is 5.91 Å². The van der Waals surface area contributed by atoms with Gasteiger partial charge in [-0.3, -0.25) is 9.59 Å². The number of rotatable bonds is 5. The SMILES string of the molecule is COc1ccc(CC(=O)Nc2ccc3c(c2)N(C(C)C)C(=O)CO3)cc1. The third kappa shape index (κ3) is 3.79. The molecule has 1 N–H and O–H groups in total. The molecule has 0 atom stereocenters. The molecule has 0 aliphatic carbocycles. The van der Waals surface area contributed by atoms with E-state index in [1.54, 1.807) is 30.2 Å². The fourth-order valence-corrected chi connectivity index (χ4v) is 2.95. The second kappa shape index (κ2) is 7.47. The lowest BCUT2D eigenvalue weighted by Gasteiger charge is -2.32. The van der Waals surface area contributed by atoms with Crippen molar-refractivity contribution < 1.29 is 19.1 Å². The highest BCUT2D eigenvalue weighted by Crippen LogP contribution is 2.35. The summed E-state index contributed by atoms with van der Waals surface area (Å²) in [6, 6.07) is 12.7. The summed E-state index contributed by atoms with van der Waals surface area (Å²) in [5.74, 6) is 1.18. The highest BCUT2D eigenvalue weighted by atomic mass is 16.5. The van der Waals surface area contributed by atoms with Gasteiger partial charge in [-0.1, -0.05) is 12.1 Å². The molecule has 0 unspecified atom stereocenters. The summed E-state index contributed by atoms with van der Waals surface area (Å²) < 4.78 is 10.6. The van der Waals surface area contributed by atoms with Gasteiger partial charge in [-0.25, -0.2) is 0 Å². The molecule has 136 valence electrons. The zero-order valence-corrected chi connectivity index (χ0v) is 15.1. The molecule has 1 heterocycles. The Bertz CT molecular complexity index is 815. The lowest BCUT2D eigenvalue weighted by atomic mass is 10.1. The van der Waals surface area contributed by atoms with Crippen molar-refractivity contribution in [3.8, 4) is 11.5 Å². The van der Waals surface area contributed by atoms with E-state index in [1.165, 1.54) is 0 Å². The number of methoxy groups -OCH3 is 1. The molecule has 26 heavy (non-hydrogen) atoms. The molecule has 0 bridgehead atoms. The van der Waals surface area contributed by atoms with Crippen LogP contribution in [-0.2, 0) is 16.0 Å². The molecule has 2 amide bonds. The monoisotopic (exact) mass is 354 g/mol. The molecule has 1 aliphatic rings. The largest absolute Gasteiger partial charge is 0.497 e. The van der Waals surface area contributed by atoms with Crippen LogP contribution in [0.4, 0.5) is 11.4 Å². The van der Waals surface area contributed by atoms with Gasteiger partial charge in [-0.15, -0.1) is 0 Å². The van der Waals surface area contributed by atoms with E-state index in [0.29, 0.717) is 17.1 Å². The number of hydrogen-bond donors (Lipinski definition) is 1. The fraction of sp³-hybridized carbons (Fsp3) is 0.300. The first-order chi connectivity index (χ1) is 12.5. The Balaban J connectivity index is 1.73. The van der Waals surface area contributed by atoms with Gasteiger partial charge in [0.15, 0.2) is 6.61 Å². The van der Waals surface area contributed by atoms with Crippen molar-refractivity contribution in [2.75, 3.05) is 23.9 Å². The van der Waals surface area contributed by atoms with Gasteiger partial charge in [0.1, 0.15) is 11.5 Å². The molecule has 0 saturated carbocycles. The third-order valence-corrected chi connectivity index (χ3v) is 4.16. The van der Waals surface area contributed by atoms with Crippen LogP contribution in [0.25, 0.3) is 0 Å². The molecule has 0 spiro atoms. The van der Waals surface area contributed by atoms with Crippen LogP contribution in [0.15, 0.2) is 42.5 Å². The number of hydrogen-bond acceptors (Lipinski definition) is 4. The Hall–Kier alpha value is -3.02. The van der Waals surface area contributed by atoms with Crippen LogP contribution in [0.3, 0.4) is 0 Å². The number of anilines is 2. The minimum Gasteiger partial charge on any atom is -0.497 e. The predicted molar refractivity (Wildman–Crippen MR) is 99.9 cm³/mol. The van der Waals surface area contributed by atoms with E-state index in [1.807, 2.05) is 38.1 Å². The predicted octanol–water partition coefficient (Wildman–Crippen LogP) is 3.01. The molecule has 0 aromatic heterocycles. The number of nitrogens with one attached hydrogen (secondary N) is 1. The lowest BCUT2D eigenvalue weighted by molar-refractivity contribution is -0.121. The minimum absolute atomic E-state index is 0.00963. The second-order valence-corrected chi connectivity index (χ2v) is 6.40. The molecule has 2 aromatic carbocycles. The molecule has 0 radical (unpaired) electrons. The summed E-state index contributed by atoms with van der Waals surface area (Å²) in [5, 5.41) is 2.88. The normalized spacial score (nSPS) is 13.2. The van der Waals surface area contributed by atoms with Crippen LogP contribution in [-0.4, -0.2) is 31.6 Å². The molecule has 3 rings (SSSR count). The van der Waals surface area contributed by atoms with Crippen LogP contribution in [0, 0.1) is 0 Å². The number of fused-ring (bicyclic) bond motifs is 1. The summed E-state index contributed by atoms with van der Waals surface area (Å²) in [4.78, 5) is 26.2. The van der Waals surface area contributed by atoms with Crippen LogP contribution >= 0.6 is 0 Å². The number of ether oxygens (including phenoxy) is 2. The van der Waals surface area contributed by atoms with Gasteiger partial charge in [0.05, 0.1) is 19.2 Å². The molecular formula is C20H22N2O4. The van der Waals surface area contributed by atoms with E-state index in [2.05, 4.69) is 5.32 Å². The van der Waals surface area contributed by atoms with Crippen molar-refractivity contribution in [3.63, 3.8) is 0 Å². The summed E-state index contributed by atoms with van der Waals surface area (Å²) in [5.41, 5.74) is 2.20. The van der Waals surface area contributed by atoms with E-state index >= 15 is 0 Å². The van der Waals surface area contributed by atoms with E-state index in [4.69, 9.17) is 9.47 Å². The molecule has 6 nitrogen and oxygen atoms in total. The molecule has 1 aliphatic heterocycles. The molecule has 0 saturated heterocycles. The van der Waals surface area contributed by atoms with Gasteiger partial charge in [-0.05, 0) is 49.7 Å². The fourth-order valence-electron chi connectivity index (χ4n) is 2.95. The smallest absolute Gasteiger partial charge is 0.265 e. The van der Waals surface area contributed by atoms with Gasteiger partial charge < -0.3 is 19.7 Å². The number of carbonyl (C=O) groups excluding carboxylic acids is 2. The number of benzene rings is 2. The van der Waals surface area contributed by atoms with Gasteiger partial charge >= 0.3 is 0 Å². The van der Waals surface area contributed by atoms with E-state index in [-0.39, 0.29) is 30.9 Å². The number of nitrogens with zero attached hydrogens (tertiary/aromatic N) is 1. The first-order valence-corrected chi connectivity index (χ1v) is 8.49. The zero-order valence-electron chi connectivity index (χ0n) is 15.1. The van der Waals surface area contributed by atoms with Crippen molar-refractivity contribution in [2.24, 2.45) is 0 Å². The van der Waals surface area contributed by atoms with Gasteiger partial charge in [0.25, 0.3) is 5.91 Å². The average molecular weight is 354 g/mol. The highest BCUT2D eigenvalue weighted by molar-refractivity contribution is 6.00. The van der Waals surface area contributed by atoms with Crippen molar-refractivity contribution in [1.29, 1.82) is 0 Å². The maximum atomic E-state index is 12.3. The quantitative estimate of drug-likeness (QED) is 0.896. The molecular weight excluding hydrogens is 332 g/mol. The standard InChI is InChI=1S/C20H22N2O4/c1-13(2)22-17-11-15(6-9-18(17)26-12-20(22)24)21-19(23)10-14-4-7-16(25-3)8-5-14/h4-9,11,13H,10,12H2,1-3H3,(H,21,23). The average Bonchev–Trinajstić information content (AvgIpc) is 2.61. The Kier molecular flexibility index (Phi) is 5.11. The van der Waals surface area contributed by atoms with E-state index in [0.717, 1.165) is 11.3 Å². The van der Waals surface area contributed by atoms with E-state index in [9.17, 15) is 9.59 Å². The van der Waals surface area contributed by atoms with Crippen LogP contribution in [0.1, 0.15) is 19.4 Å². The lowest BCUT2D eigenvalue weighted by Crippen LogP contribution is -2.43. The summed E-state index contributed by atoms with van der Waals surface area (Å²) >= 11 is 0. The first kappa shape index (κ1) is 17.8. The topological polar surface area (TPSA) is 67.9 Å². The summed E-state index contributed by atoms with van der Waals surface area (Å²) in [6.07, 6.45) is 0.254. The Morgan fingerprint density at radius 3 is 2.62 bits per heavy atom. The van der Waals surface area contributed by atoms with Crippen LogP contribution in [0.5, 0.6) is 11.5 Å². The number of amides is 2. The maximum absolute atomic E-state index is 12.3. The Labute approximate surface area is 152 Å². The minimum atomic E-state index is -0.130. The maximum Gasteiger partial charge on any atom is 0.265 e. The first-order valence-electron chi connectivity index (χ1n) is 8.49. The summed E-state index contributed by atoms with van der Waals surface area (Å²) in [7, 11) is 1.60. The Morgan fingerprint density at radius 1 is 1.23 bits per heavy atom. The summed E-state index contributed by atoms with van der Waals surface area (Å²) in [6.45, 7) is 3.93. The van der Waals surface area contributed by atoms with Crippen LogP contribution in [0.2, 0.25) is 0 Å². The van der Waals surface area contributed by atoms with Crippen molar-refractivity contribution in [1.82, 2.24) is 0 Å².